The van der Waals surface area contributed by atoms with Gasteiger partial charge in [-0.05, 0) is 18.6 Å². The lowest BCUT2D eigenvalue weighted by Crippen LogP contribution is -2.28. The highest BCUT2D eigenvalue weighted by Crippen LogP contribution is 2.13. The summed E-state index contributed by atoms with van der Waals surface area (Å²) in [5.74, 6) is -0.646. The van der Waals surface area contributed by atoms with Crippen LogP contribution >= 0.6 is 0 Å². The number of allylic oxidation sites excluding steroid dienone is 4. The zero-order valence-electron chi connectivity index (χ0n) is 8.64. The maximum absolute atomic E-state index is 11.3. The average molecular weight is 203 g/mol. The van der Waals surface area contributed by atoms with Gasteiger partial charge in [0.15, 0.2) is 0 Å². The molecule has 0 aromatic carbocycles. The van der Waals surface area contributed by atoms with Gasteiger partial charge in [-0.15, -0.1) is 0 Å². The van der Waals surface area contributed by atoms with Gasteiger partial charge in [0.25, 0.3) is 11.8 Å². The summed E-state index contributed by atoms with van der Waals surface area (Å²) in [5, 5.41) is 0. The second-order valence-corrected chi connectivity index (χ2v) is 2.98. The summed E-state index contributed by atoms with van der Waals surface area (Å²) in [6.07, 6.45) is 10.3. The van der Waals surface area contributed by atoms with E-state index in [2.05, 4.69) is 6.58 Å². The Morgan fingerprint density at radius 2 is 2.00 bits per heavy atom. The third kappa shape index (κ3) is 2.53. The summed E-state index contributed by atoms with van der Waals surface area (Å²) in [7, 11) is 0. The van der Waals surface area contributed by atoms with Gasteiger partial charge < -0.3 is 0 Å². The molecule has 15 heavy (non-hydrogen) atoms. The number of rotatable bonds is 4. The van der Waals surface area contributed by atoms with E-state index in [1.54, 1.807) is 12.2 Å². The Labute approximate surface area is 89.1 Å². The molecule has 0 radical (unpaired) electrons. The fourth-order valence-electron chi connectivity index (χ4n) is 1.19. The molecule has 0 saturated heterocycles. The van der Waals surface area contributed by atoms with E-state index in [1.165, 1.54) is 18.2 Å². The topological polar surface area (TPSA) is 37.4 Å². The predicted molar refractivity (Wildman–Crippen MR) is 58.7 cm³/mol. The molecule has 0 aliphatic carbocycles. The molecule has 3 heteroatoms. The van der Waals surface area contributed by atoms with Crippen molar-refractivity contribution in [2.24, 2.45) is 0 Å². The molecule has 0 fully saturated rings. The fourth-order valence-corrected chi connectivity index (χ4v) is 1.19. The summed E-state index contributed by atoms with van der Waals surface area (Å²) in [6.45, 7) is 5.58. The Balaban J connectivity index is 2.88. The monoisotopic (exact) mass is 203 g/mol. The predicted octanol–water partition coefficient (Wildman–Crippen LogP) is 1.95. The summed E-state index contributed by atoms with van der Waals surface area (Å²) < 4.78 is 0. The molecule has 0 saturated carbocycles. The molecule has 0 unspecified atom stereocenters. The average Bonchev–Trinajstić information content (AvgIpc) is 2.55. The van der Waals surface area contributed by atoms with Gasteiger partial charge in [-0.25, -0.2) is 4.90 Å². The van der Waals surface area contributed by atoms with Gasteiger partial charge in [-0.2, -0.15) is 0 Å². The van der Waals surface area contributed by atoms with Crippen LogP contribution < -0.4 is 0 Å². The normalized spacial score (nSPS) is 16.9. The first-order valence-electron chi connectivity index (χ1n) is 4.76. The van der Waals surface area contributed by atoms with E-state index < -0.39 is 0 Å². The molecule has 1 aliphatic heterocycles. The van der Waals surface area contributed by atoms with Crippen molar-refractivity contribution < 1.29 is 9.59 Å². The van der Waals surface area contributed by atoms with E-state index in [0.29, 0.717) is 5.70 Å². The van der Waals surface area contributed by atoms with Crippen LogP contribution in [-0.4, -0.2) is 16.7 Å². The van der Waals surface area contributed by atoms with Crippen molar-refractivity contribution in [2.75, 3.05) is 0 Å². The van der Waals surface area contributed by atoms with Crippen LogP contribution in [-0.2, 0) is 9.59 Å². The molecule has 0 atom stereocenters. The molecule has 1 aliphatic rings. The van der Waals surface area contributed by atoms with Crippen LogP contribution in [0.5, 0.6) is 0 Å². The first-order chi connectivity index (χ1) is 7.20. The Hall–Kier alpha value is -1.90. The number of carbonyl (C=O) groups is 2. The minimum absolute atomic E-state index is 0.323. The molecule has 0 bridgehead atoms. The largest absolute Gasteiger partial charge is 0.269 e. The highest BCUT2D eigenvalue weighted by atomic mass is 16.2. The van der Waals surface area contributed by atoms with Gasteiger partial charge in [-0.3, -0.25) is 9.59 Å². The van der Waals surface area contributed by atoms with Crippen LogP contribution in [0.25, 0.3) is 0 Å². The van der Waals surface area contributed by atoms with Gasteiger partial charge >= 0.3 is 0 Å². The molecule has 0 spiro atoms. The zero-order chi connectivity index (χ0) is 11.3. The van der Waals surface area contributed by atoms with Crippen molar-refractivity contribution >= 4 is 11.8 Å². The van der Waals surface area contributed by atoms with Crippen molar-refractivity contribution in [3.05, 3.63) is 48.7 Å². The van der Waals surface area contributed by atoms with E-state index in [0.717, 1.165) is 11.3 Å². The minimum atomic E-state index is -0.323. The number of hydrogen-bond donors (Lipinski definition) is 0. The van der Waals surface area contributed by atoms with Crippen LogP contribution in [0.2, 0.25) is 0 Å². The van der Waals surface area contributed by atoms with E-state index >= 15 is 0 Å². The van der Waals surface area contributed by atoms with Gasteiger partial charge in [0, 0.05) is 12.2 Å². The van der Waals surface area contributed by atoms with Crippen molar-refractivity contribution in [1.82, 2.24) is 4.90 Å². The molecule has 2 amide bonds. The quantitative estimate of drug-likeness (QED) is 0.517. The Morgan fingerprint density at radius 1 is 1.40 bits per heavy atom. The summed E-state index contributed by atoms with van der Waals surface area (Å²) >= 11 is 0. The Bertz CT molecular complexity index is 357. The molecular formula is C12H13NO2. The first-order valence-corrected chi connectivity index (χ1v) is 4.76. The van der Waals surface area contributed by atoms with Crippen LogP contribution in [0.3, 0.4) is 0 Å². The van der Waals surface area contributed by atoms with E-state index in [4.69, 9.17) is 0 Å². The number of nitrogens with zero attached hydrogens (tertiary/aromatic N) is 1. The maximum atomic E-state index is 11.3. The van der Waals surface area contributed by atoms with Gasteiger partial charge in [-0.1, -0.05) is 25.7 Å². The van der Waals surface area contributed by atoms with Crippen molar-refractivity contribution in [3.63, 3.8) is 0 Å². The summed E-state index contributed by atoms with van der Waals surface area (Å²) in [6, 6.07) is 0. The molecule has 1 heterocycles. The lowest BCUT2D eigenvalue weighted by atomic mass is 10.3. The third-order valence-electron chi connectivity index (χ3n) is 1.92. The van der Waals surface area contributed by atoms with Crippen LogP contribution in [0.1, 0.15) is 13.3 Å². The lowest BCUT2D eigenvalue weighted by Gasteiger charge is -2.13. The number of hydrogen-bond acceptors (Lipinski definition) is 2. The number of amides is 2. The zero-order valence-corrected chi connectivity index (χ0v) is 8.64. The van der Waals surface area contributed by atoms with E-state index in [-0.39, 0.29) is 11.8 Å². The second kappa shape index (κ2) is 5.10. The van der Waals surface area contributed by atoms with Crippen molar-refractivity contribution in [2.45, 2.75) is 13.3 Å². The maximum Gasteiger partial charge on any atom is 0.258 e. The summed E-state index contributed by atoms with van der Waals surface area (Å²) in [5.41, 5.74) is 0.500. The standard InChI is InChI=1S/C12H13NO2/c1-3-5-6-7-10(4-2)13-11(14)8-9-12(13)15/h4-9H,2-3H2,1H3/b6-5-,10-7+. The highest BCUT2D eigenvalue weighted by Gasteiger charge is 2.24. The molecule has 0 aromatic rings. The number of imide groups is 1. The third-order valence-corrected chi connectivity index (χ3v) is 1.92. The molecule has 1 rings (SSSR count). The molecule has 3 nitrogen and oxygen atoms in total. The smallest absolute Gasteiger partial charge is 0.258 e. The minimum Gasteiger partial charge on any atom is -0.269 e. The van der Waals surface area contributed by atoms with Crippen LogP contribution in [0.15, 0.2) is 48.7 Å². The van der Waals surface area contributed by atoms with Crippen molar-refractivity contribution in [1.29, 1.82) is 0 Å². The molecule has 0 N–H and O–H groups in total. The Morgan fingerprint density at radius 3 is 2.47 bits per heavy atom. The lowest BCUT2D eigenvalue weighted by molar-refractivity contribution is -0.134. The van der Waals surface area contributed by atoms with E-state index in [1.807, 2.05) is 13.0 Å². The van der Waals surface area contributed by atoms with Gasteiger partial charge in [0.1, 0.15) is 0 Å². The number of carbonyl (C=O) groups excluding carboxylic acids is 2. The van der Waals surface area contributed by atoms with Gasteiger partial charge in [0.05, 0.1) is 5.70 Å². The molecule has 78 valence electrons. The summed E-state index contributed by atoms with van der Waals surface area (Å²) in [4.78, 5) is 23.7. The first kappa shape index (κ1) is 11.2. The second-order valence-electron chi connectivity index (χ2n) is 2.98. The molecule has 0 aromatic heterocycles. The Kier molecular flexibility index (Phi) is 3.80. The SMILES string of the molecule is C=C/C(=C\C=C/CC)N1C(=O)C=CC1=O. The fraction of sp³-hybridized carbons (Fsp3) is 0.167. The van der Waals surface area contributed by atoms with Gasteiger partial charge in [0.2, 0.25) is 0 Å². The van der Waals surface area contributed by atoms with E-state index in [9.17, 15) is 9.59 Å². The van der Waals surface area contributed by atoms with Crippen molar-refractivity contribution in [3.8, 4) is 0 Å². The highest BCUT2D eigenvalue weighted by molar-refractivity contribution is 6.14. The van der Waals surface area contributed by atoms with Crippen LogP contribution in [0.4, 0.5) is 0 Å². The molecular weight excluding hydrogens is 190 g/mol. The van der Waals surface area contributed by atoms with Crippen LogP contribution in [0, 0.1) is 0 Å².